The van der Waals surface area contributed by atoms with Gasteiger partial charge in [0.15, 0.2) is 6.04 Å². The maximum atomic E-state index is 11.7. The molecule has 5 N–H and O–H groups in total. The fraction of sp³-hybridized carbons (Fsp3) is 0.625. The normalized spacial score (nSPS) is 20.3. The van der Waals surface area contributed by atoms with Crippen LogP contribution in [0.15, 0.2) is 10.3 Å². The number of nitrogens with two attached hydrogens (primary N) is 2. The molecule has 9 heteroatoms. The first-order valence-electron chi connectivity index (χ1n) is 4.90. The third-order valence-corrected chi connectivity index (χ3v) is 2.24. The molecule has 0 spiro atoms. The molecule has 2 atom stereocenters. The Morgan fingerprint density at radius 1 is 1.47 bits per heavy atom. The van der Waals surface area contributed by atoms with Crippen molar-refractivity contribution >= 4 is 17.8 Å². The first-order chi connectivity index (χ1) is 7.93. The molecule has 1 aliphatic heterocycles. The number of hydrogen-bond acceptors (Lipinski definition) is 6. The number of carbonyl (C=O) groups is 3. The Morgan fingerprint density at radius 2 is 2.12 bits per heavy atom. The van der Waals surface area contributed by atoms with Crippen LogP contribution in [0.1, 0.15) is 12.8 Å². The first-order valence-corrected chi connectivity index (χ1v) is 4.90. The predicted octanol–water partition coefficient (Wildman–Crippen LogP) is -1.76. The molecule has 9 nitrogen and oxygen atoms in total. The molecule has 0 saturated heterocycles. The molecule has 94 valence electrons. The quantitative estimate of drug-likeness (QED) is 0.522. The summed E-state index contributed by atoms with van der Waals surface area (Å²) >= 11 is 0. The van der Waals surface area contributed by atoms with E-state index >= 15 is 0 Å². The van der Waals surface area contributed by atoms with Crippen LogP contribution in [0, 0.1) is 0 Å². The van der Waals surface area contributed by atoms with Crippen molar-refractivity contribution in [3.8, 4) is 0 Å². The van der Waals surface area contributed by atoms with Crippen molar-refractivity contribution < 1.29 is 19.5 Å². The van der Waals surface area contributed by atoms with Gasteiger partial charge in [0.05, 0.1) is 12.6 Å². The maximum absolute atomic E-state index is 11.7. The molecule has 0 aromatic heterocycles. The maximum Gasteiger partial charge on any atom is 0.330 e. The zero-order chi connectivity index (χ0) is 13.0. The molecule has 17 heavy (non-hydrogen) atoms. The minimum atomic E-state index is -1.20. The molecule has 0 bridgehead atoms. The minimum Gasteiger partial charge on any atom is -0.480 e. The molecule has 0 radical (unpaired) electrons. The van der Waals surface area contributed by atoms with Crippen molar-refractivity contribution in [2.24, 2.45) is 21.8 Å². The lowest BCUT2D eigenvalue weighted by molar-refractivity contribution is -0.149. The van der Waals surface area contributed by atoms with Crippen LogP contribution in [0.5, 0.6) is 0 Å². The number of carboxylic acid groups (broad SMARTS) is 1. The molecule has 0 aliphatic carbocycles. The Labute approximate surface area is 96.4 Å². The Bertz CT molecular complexity index is 369. The highest BCUT2D eigenvalue weighted by Gasteiger charge is 2.36. The van der Waals surface area contributed by atoms with Gasteiger partial charge in [-0.15, -0.1) is 0 Å². The van der Waals surface area contributed by atoms with Gasteiger partial charge in [0.2, 0.25) is 5.91 Å². The van der Waals surface area contributed by atoms with Crippen LogP contribution in [-0.4, -0.2) is 46.5 Å². The molecular formula is C8H13N5O4. The number of nitrogens with zero attached hydrogens (tertiary/aromatic N) is 3. The number of aliphatic carboxylic acids is 1. The number of hydrogen-bond donors (Lipinski definition) is 3. The zero-order valence-corrected chi connectivity index (χ0v) is 8.94. The number of amides is 2. The van der Waals surface area contributed by atoms with Crippen molar-refractivity contribution in [3.63, 3.8) is 0 Å². The second kappa shape index (κ2) is 5.34. The van der Waals surface area contributed by atoms with Crippen molar-refractivity contribution in [2.45, 2.75) is 24.9 Å². The minimum absolute atomic E-state index is 0.0460. The van der Waals surface area contributed by atoms with Crippen molar-refractivity contribution in [1.82, 2.24) is 5.01 Å². The molecule has 1 rings (SSSR count). The second-order valence-corrected chi connectivity index (χ2v) is 3.56. The highest BCUT2D eigenvalue weighted by molar-refractivity contribution is 5.87. The van der Waals surface area contributed by atoms with Crippen LogP contribution in [0.2, 0.25) is 0 Å². The summed E-state index contributed by atoms with van der Waals surface area (Å²) in [6.45, 7) is -0.0936. The summed E-state index contributed by atoms with van der Waals surface area (Å²) in [6, 6.07) is -2.14. The van der Waals surface area contributed by atoms with E-state index in [0.717, 1.165) is 5.01 Å². The molecule has 0 saturated carbocycles. The molecule has 1 heterocycles. The topological polar surface area (TPSA) is 151 Å². The summed E-state index contributed by atoms with van der Waals surface area (Å²) < 4.78 is 0. The Hall–Kier alpha value is -2.03. The molecule has 1 aliphatic rings. The fourth-order valence-electron chi connectivity index (χ4n) is 1.29. The van der Waals surface area contributed by atoms with Gasteiger partial charge >= 0.3 is 5.97 Å². The summed E-state index contributed by atoms with van der Waals surface area (Å²) in [6.07, 6.45) is 0.00214. The number of primary amides is 1. The lowest BCUT2D eigenvalue weighted by Crippen LogP contribution is -2.48. The van der Waals surface area contributed by atoms with Gasteiger partial charge in [-0.1, -0.05) is 5.22 Å². The Balaban J connectivity index is 2.59. The van der Waals surface area contributed by atoms with E-state index in [1.54, 1.807) is 0 Å². The highest BCUT2D eigenvalue weighted by atomic mass is 16.4. The third kappa shape index (κ3) is 3.21. The van der Waals surface area contributed by atoms with Gasteiger partial charge in [0, 0.05) is 6.42 Å². The van der Waals surface area contributed by atoms with Gasteiger partial charge in [-0.2, -0.15) is 10.1 Å². The van der Waals surface area contributed by atoms with E-state index in [1.807, 2.05) is 0 Å². The van der Waals surface area contributed by atoms with E-state index in [4.69, 9.17) is 16.6 Å². The molecule has 0 fully saturated rings. The molecular weight excluding hydrogens is 230 g/mol. The third-order valence-electron chi connectivity index (χ3n) is 2.24. The van der Waals surface area contributed by atoms with Gasteiger partial charge in [-0.3, -0.25) is 9.59 Å². The highest BCUT2D eigenvalue weighted by Crippen LogP contribution is 2.13. The smallest absolute Gasteiger partial charge is 0.330 e. The van der Waals surface area contributed by atoms with Crippen molar-refractivity contribution in [2.75, 3.05) is 6.54 Å². The molecule has 0 aromatic carbocycles. The van der Waals surface area contributed by atoms with E-state index in [2.05, 4.69) is 10.3 Å². The van der Waals surface area contributed by atoms with Gasteiger partial charge in [0.25, 0.3) is 5.91 Å². The molecule has 1 unspecified atom stereocenters. The SMILES string of the molecule is NC(=O)CC[C@H](N)C(=O)N1N=NCC1C(=O)O. The van der Waals surface area contributed by atoms with Gasteiger partial charge in [0.1, 0.15) is 0 Å². The van der Waals surface area contributed by atoms with E-state index in [-0.39, 0.29) is 19.4 Å². The monoisotopic (exact) mass is 243 g/mol. The number of carbonyl (C=O) groups excluding carboxylic acids is 2. The summed E-state index contributed by atoms with van der Waals surface area (Å²) in [7, 11) is 0. The van der Waals surface area contributed by atoms with Crippen LogP contribution in [0.3, 0.4) is 0 Å². The average molecular weight is 243 g/mol. The Kier molecular flexibility index (Phi) is 4.10. The largest absolute Gasteiger partial charge is 0.480 e. The molecule has 2 amide bonds. The molecule has 0 aromatic rings. The fourth-order valence-corrected chi connectivity index (χ4v) is 1.29. The summed E-state index contributed by atoms with van der Waals surface area (Å²) in [5.41, 5.74) is 10.4. The second-order valence-electron chi connectivity index (χ2n) is 3.56. The first kappa shape index (κ1) is 13.0. The predicted molar refractivity (Wildman–Crippen MR) is 54.4 cm³/mol. The van der Waals surface area contributed by atoms with Gasteiger partial charge in [-0.25, -0.2) is 4.79 Å². The average Bonchev–Trinajstić information content (AvgIpc) is 2.73. The van der Waals surface area contributed by atoms with Crippen molar-refractivity contribution in [3.05, 3.63) is 0 Å². The Morgan fingerprint density at radius 3 is 2.65 bits per heavy atom. The lowest BCUT2D eigenvalue weighted by atomic mass is 10.1. The van der Waals surface area contributed by atoms with Gasteiger partial charge in [-0.05, 0) is 6.42 Å². The summed E-state index contributed by atoms with van der Waals surface area (Å²) in [4.78, 5) is 33.0. The summed E-state index contributed by atoms with van der Waals surface area (Å²) in [5, 5.41) is 16.4. The number of carboxylic acids is 1. The van der Waals surface area contributed by atoms with E-state index in [9.17, 15) is 14.4 Å². The van der Waals surface area contributed by atoms with Crippen LogP contribution in [-0.2, 0) is 14.4 Å². The van der Waals surface area contributed by atoms with Gasteiger partial charge < -0.3 is 16.6 Å². The van der Waals surface area contributed by atoms with E-state index < -0.39 is 29.9 Å². The van der Waals surface area contributed by atoms with Crippen LogP contribution < -0.4 is 11.5 Å². The standard InChI is InChI=1S/C8H13N5O4/c9-4(1-2-6(10)14)7(15)13-5(8(16)17)3-11-12-13/h4-5H,1-3,9H2,(H2,10,14)(H,16,17)/t4-,5?/m0/s1. The van der Waals surface area contributed by atoms with Crippen LogP contribution in [0.25, 0.3) is 0 Å². The lowest BCUT2D eigenvalue weighted by Gasteiger charge is -2.19. The van der Waals surface area contributed by atoms with Crippen LogP contribution >= 0.6 is 0 Å². The van der Waals surface area contributed by atoms with Crippen molar-refractivity contribution in [1.29, 1.82) is 0 Å². The summed E-state index contributed by atoms with van der Waals surface area (Å²) in [5.74, 6) is -2.46. The zero-order valence-electron chi connectivity index (χ0n) is 8.94. The van der Waals surface area contributed by atoms with Crippen LogP contribution in [0.4, 0.5) is 0 Å². The van der Waals surface area contributed by atoms with E-state index in [1.165, 1.54) is 0 Å². The van der Waals surface area contributed by atoms with E-state index in [0.29, 0.717) is 0 Å². The number of rotatable bonds is 5.